The average Bonchev–Trinajstić information content (AvgIpc) is 2.65. The van der Waals surface area contributed by atoms with Gasteiger partial charge in [0, 0.05) is 24.7 Å². The van der Waals surface area contributed by atoms with Crippen LogP contribution in [-0.4, -0.2) is 24.5 Å². The Bertz CT molecular complexity index is 317. The lowest BCUT2D eigenvalue weighted by Gasteiger charge is -2.23. The molecule has 0 aliphatic carbocycles. The Hall–Kier alpha value is -1.06. The molecule has 1 heterocycles. The van der Waals surface area contributed by atoms with Crippen molar-refractivity contribution < 1.29 is 4.42 Å². The largest absolute Gasteiger partial charge is 0.468 e. The van der Waals surface area contributed by atoms with Crippen LogP contribution in [0.4, 0.5) is 0 Å². The number of nitrogens with one attached hydrogen (secondary N) is 1. The molecule has 1 N–H and O–H groups in total. The van der Waals surface area contributed by atoms with Crippen molar-refractivity contribution in [1.29, 1.82) is 0 Å². The monoisotopic (exact) mass is 222 g/mol. The molecule has 0 spiro atoms. The van der Waals surface area contributed by atoms with E-state index in [0.29, 0.717) is 6.04 Å². The standard InChI is InChI=1S/C13H22N2O/c1-5-6-15(11(2)3)9-13-7-12(8-14-4)10-16-13/h5,7,10-11,14H,1,6,8-9H2,2-4H3. The first-order chi connectivity index (χ1) is 7.67. The van der Waals surface area contributed by atoms with Gasteiger partial charge in [0.25, 0.3) is 0 Å². The highest BCUT2D eigenvalue weighted by Gasteiger charge is 2.10. The minimum Gasteiger partial charge on any atom is -0.468 e. The highest BCUT2D eigenvalue weighted by atomic mass is 16.3. The van der Waals surface area contributed by atoms with E-state index in [1.54, 1.807) is 0 Å². The number of furan rings is 1. The first-order valence-corrected chi connectivity index (χ1v) is 5.73. The number of nitrogens with zero attached hydrogens (tertiary/aromatic N) is 1. The smallest absolute Gasteiger partial charge is 0.118 e. The third kappa shape index (κ3) is 3.83. The van der Waals surface area contributed by atoms with Crippen LogP contribution >= 0.6 is 0 Å². The summed E-state index contributed by atoms with van der Waals surface area (Å²) in [4.78, 5) is 2.31. The topological polar surface area (TPSA) is 28.4 Å². The normalized spacial score (nSPS) is 11.3. The summed E-state index contributed by atoms with van der Waals surface area (Å²) in [5.41, 5.74) is 1.19. The van der Waals surface area contributed by atoms with Gasteiger partial charge < -0.3 is 9.73 Å². The maximum absolute atomic E-state index is 5.53. The number of hydrogen-bond donors (Lipinski definition) is 1. The predicted octanol–water partition coefficient (Wildman–Crippen LogP) is 2.40. The maximum atomic E-state index is 5.53. The molecular weight excluding hydrogens is 200 g/mol. The summed E-state index contributed by atoms with van der Waals surface area (Å²) in [6.07, 6.45) is 3.75. The molecule has 3 heteroatoms. The molecule has 16 heavy (non-hydrogen) atoms. The van der Waals surface area contributed by atoms with Gasteiger partial charge in [-0.15, -0.1) is 6.58 Å². The van der Waals surface area contributed by atoms with E-state index < -0.39 is 0 Å². The summed E-state index contributed by atoms with van der Waals surface area (Å²) in [6.45, 7) is 10.7. The van der Waals surface area contributed by atoms with Crippen molar-refractivity contribution in [3.8, 4) is 0 Å². The molecule has 0 aromatic carbocycles. The quantitative estimate of drug-likeness (QED) is 0.718. The molecule has 0 saturated carbocycles. The van der Waals surface area contributed by atoms with E-state index >= 15 is 0 Å². The average molecular weight is 222 g/mol. The van der Waals surface area contributed by atoms with E-state index in [-0.39, 0.29) is 0 Å². The van der Waals surface area contributed by atoms with Crippen LogP contribution < -0.4 is 5.32 Å². The highest BCUT2D eigenvalue weighted by molar-refractivity contribution is 5.12. The Labute approximate surface area is 98.1 Å². The van der Waals surface area contributed by atoms with E-state index in [0.717, 1.165) is 25.4 Å². The van der Waals surface area contributed by atoms with Gasteiger partial charge in [-0.1, -0.05) is 6.08 Å². The van der Waals surface area contributed by atoms with Gasteiger partial charge in [-0.05, 0) is 27.0 Å². The van der Waals surface area contributed by atoms with Gasteiger partial charge in [-0.3, -0.25) is 4.90 Å². The summed E-state index contributed by atoms with van der Waals surface area (Å²) < 4.78 is 5.53. The molecule has 3 nitrogen and oxygen atoms in total. The second-order valence-corrected chi connectivity index (χ2v) is 4.26. The summed E-state index contributed by atoms with van der Waals surface area (Å²) in [7, 11) is 1.94. The van der Waals surface area contributed by atoms with Crippen molar-refractivity contribution >= 4 is 0 Å². The van der Waals surface area contributed by atoms with Crippen LogP contribution in [0.5, 0.6) is 0 Å². The summed E-state index contributed by atoms with van der Waals surface area (Å²) in [5, 5.41) is 3.11. The summed E-state index contributed by atoms with van der Waals surface area (Å²) in [5.74, 6) is 1.01. The van der Waals surface area contributed by atoms with Gasteiger partial charge in [-0.2, -0.15) is 0 Å². The minimum atomic E-state index is 0.496. The second-order valence-electron chi connectivity index (χ2n) is 4.26. The molecule has 1 aromatic rings. The molecule has 90 valence electrons. The molecule has 0 bridgehead atoms. The molecule has 0 saturated heterocycles. The van der Waals surface area contributed by atoms with Crippen molar-refractivity contribution in [3.05, 3.63) is 36.3 Å². The Balaban J connectivity index is 2.58. The van der Waals surface area contributed by atoms with Crippen LogP contribution in [0.1, 0.15) is 25.2 Å². The van der Waals surface area contributed by atoms with Crippen LogP contribution in [0.3, 0.4) is 0 Å². The van der Waals surface area contributed by atoms with Gasteiger partial charge in [0.1, 0.15) is 5.76 Å². The first-order valence-electron chi connectivity index (χ1n) is 5.73. The SMILES string of the molecule is C=CCN(Cc1cc(CNC)co1)C(C)C. The molecule has 0 amide bonds. The van der Waals surface area contributed by atoms with Crippen LogP contribution in [0, 0.1) is 0 Å². The van der Waals surface area contributed by atoms with Crippen LogP contribution in [-0.2, 0) is 13.1 Å². The fourth-order valence-corrected chi connectivity index (χ4v) is 1.63. The Kier molecular flexibility index (Phi) is 5.29. The lowest BCUT2D eigenvalue weighted by atomic mass is 10.2. The fourth-order valence-electron chi connectivity index (χ4n) is 1.63. The van der Waals surface area contributed by atoms with E-state index in [1.165, 1.54) is 5.56 Å². The fraction of sp³-hybridized carbons (Fsp3) is 0.538. The molecule has 0 unspecified atom stereocenters. The van der Waals surface area contributed by atoms with Gasteiger partial charge in [0.05, 0.1) is 12.8 Å². The zero-order valence-electron chi connectivity index (χ0n) is 10.5. The number of hydrogen-bond acceptors (Lipinski definition) is 3. The van der Waals surface area contributed by atoms with Crippen molar-refractivity contribution in [3.63, 3.8) is 0 Å². The van der Waals surface area contributed by atoms with Crippen molar-refractivity contribution in [2.75, 3.05) is 13.6 Å². The van der Waals surface area contributed by atoms with Gasteiger partial charge in [0.2, 0.25) is 0 Å². The van der Waals surface area contributed by atoms with Crippen molar-refractivity contribution in [2.24, 2.45) is 0 Å². The lowest BCUT2D eigenvalue weighted by Crippen LogP contribution is -2.30. The molecule has 1 rings (SSSR count). The van der Waals surface area contributed by atoms with Crippen molar-refractivity contribution in [2.45, 2.75) is 33.0 Å². The van der Waals surface area contributed by atoms with Gasteiger partial charge in [-0.25, -0.2) is 0 Å². The third-order valence-electron chi connectivity index (χ3n) is 2.54. The van der Waals surface area contributed by atoms with Crippen molar-refractivity contribution in [1.82, 2.24) is 10.2 Å². The Morgan fingerprint density at radius 1 is 1.56 bits per heavy atom. The lowest BCUT2D eigenvalue weighted by molar-refractivity contribution is 0.218. The molecule has 1 aromatic heterocycles. The van der Waals surface area contributed by atoms with Crippen LogP contribution in [0.15, 0.2) is 29.4 Å². The van der Waals surface area contributed by atoms with Gasteiger partial charge in [0.15, 0.2) is 0 Å². The molecule has 0 aliphatic heterocycles. The maximum Gasteiger partial charge on any atom is 0.118 e. The number of rotatable bonds is 7. The van der Waals surface area contributed by atoms with E-state index in [4.69, 9.17) is 4.42 Å². The van der Waals surface area contributed by atoms with E-state index in [1.807, 2.05) is 19.4 Å². The first kappa shape index (κ1) is 13.0. The molecule has 0 aliphatic rings. The van der Waals surface area contributed by atoms with Gasteiger partial charge >= 0.3 is 0 Å². The van der Waals surface area contributed by atoms with E-state index in [9.17, 15) is 0 Å². The third-order valence-corrected chi connectivity index (χ3v) is 2.54. The molecule has 0 radical (unpaired) electrons. The highest BCUT2D eigenvalue weighted by Crippen LogP contribution is 2.12. The summed E-state index contributed by atoms with van der Waals surface area (Å²) >= 11 is 0. The van der Waals surface area contributed by atoms with Crippen LogP contribution in [0.2, 0.25) is 0 Å². The van der Waals surface area contributed by atoms with Crippen LogP contribution in [0.25, 0.3) is 0 Å². The molecule has 0 fully saturated rings. The second kappa shape index (κ2) is 6.51. The molecular formula is C13H22N2O. The Morgan fingerprint density at radius 3 is 2.88 bits per heavy atom. The zero-order valence-corrected chi connectivity index (χ0v) is 10.5. The summed E-state index contributed by atoms with van der Waals surface area (Å²) in [6, 6.07) is 2.60. The predicted molar refractivity (Wildman–Crippen MR) is 67.2 cm³/mol. The zero-order chi connectivity index (χ0) is 12.0. The minimum absolute atomic E-state index is 0.496. The molecule has 0 atom stereocenters. The Morgan fingerprint density at radius 2 is 2.31 bits per heavy atom. The van der Waals surface area contributed by atoms with E-state index in [2.05, 4.69) is 36.7 Å².